The van der Waals surface area contributed by atoms with Gasteiger partial charge in [-0.25, -0.2) is 0 Å². The van der Waals surface area contributed by atoms with Crippen LogP contribution in [-0.4, -0.2) is 14.6 Å². The zero-order chi connectivity index (χ0) is 9.90. The van der Waals surface area contributed by atoms with Crippen molar-refractivity contribution in [2.45, 2.75) is 6.92 Å². The zero-order valence-corrected chi connectivity index (χ0v) is 7.75. The van der Waals surface area contributed by atoms with Crippen LogP contribution in [0.5, 0.6) is 0 Å². The first-order chi connectivity index (χ1) is 5.97. The van der Waals surface area contributed by atoms with Gasteiger partial charge in [-0.05, 0) is 12.5 Å². The SMILES string of the molecule is Cc1ccc(/C=N/S(=O)(=O)F)cc1. The van der Waals surface area contributed by atoms with Crippen molar-refractivity contribution in [3.05, 3.63) is 35.4 Å². The Kier molecular flexibility index (Phi) is 2.77. The van der Waals surface area contributed by atoms with E-state index < -0.39 is 10.4 Å². The molecule has 0 saturated carbocycles. The molecule has 0 aliphatic heterocycles. The van der Waals surface area contributed by atoms with Crippen molar-refractivity contribution in [1.29, 1.82) is 0 Å². The predicted octanol–water partition coefficient (Wildman–Crippen LogP) is 1.63. The average molecular weight is 201 g/mol. The second kappa shape index (κ2) is 3.66. The van der Waals surface area contributed by atoms with Crippen LogP contribution in [0.3, 0.4) is 0 Å². The van der Waals surface area contributed by atoms with Gasteiger partial charge in [0.05, 0.1) is 6.21 Å². The maximum Gasteiger partial charge on any atom is 0.417 e. The Labute approximate surface area is 76.3 Å². The van der Waals surface area contributed by atoms with E-state index in [1.807, 2.05) is 6.92 Å². The van der Waals surface area contributed by atoms with Gasteiger partial charge in [0.1, 0.15) is 0 Å². The second-order valence-electron chi connectivity index (χ2n) is 2.56. The Hall–Kier alpha value is -1.23. The monoisotopic (exact) mass is 201 g/mol. The Bertz CT molecular complexity index is 408. The van der Waals surface area contributed by atoms with Crippen molar-refractivity contribution in [1.82, 2.24) is 0 Å². The topological polar surface area (TPSA) is 46.5 Å². The number of hydrogen-bond donors (Lipinski definition) is 0. The lowest BCUT2D eigenvalue weighted by molar-refractivity contribution is 0.554. The summed E-state index contributed by atoms with van der Waals surface area (Å²) in [6.45, 7) is 1.90. The van der Waals surface area contributed by atoms with Crippen LogP contribution in [0, 0.1) is 6.92 Å². The van der Waals surface area contributed by atoms with Crippen LogP contribution >= 0.6 is 0 Å². The van der Waals surface area contributed by atoms with Crippen LogP contribution in [0.1, 0.15) is 11.1 Å². The Morgan fingerprint density at radius 2 is 1.85 bits per heavy atom. The molecule has 0 saturated heterocycles. The largest absolute Gasteiger partial charge is 0.417 e. The first-order valence-corrected chi connectivity index (χ1v) is 4.88. The second-order valence-corrected chi connectivity index (χ2v) is 3.59. The smallest absolute Gasteiger partial charge is 0.170 e. The van der Waals surface area contributed by atoms with E-state index in [9.17, 15) is 12.3 Å². The molecule has 0 bridgehead atoms. The van der Waals surface area contributed by atoms with Crippen LogP contribution in [0.2, 0.25) is 0 Å². The van der Waals surface area contributed by atoms with Gasteiger partial charge in [0.2, 0.25) is 0 Å². The van der Waals surface area contributed by atoms with Crippen LogP contribution in [0.4, 0.5) is 3.89 Å². The molecule has 3 nitrogen and oxygen atoms in total. The minimum Gasteiger partial charge on any atom is -0.170 e. The zero-order valence-electron chi connectivity index (χ0n) is 6.94. The van der Waals surface area contributed by atoms with Crippen LogP contribution in [0.25, 0.3) is 0 Å². The van der Waals surface area contributed by atoms with E-state index in [0.717, 1.165) is 11.8 Å². The Balaban J connectivity index is 2.88. The minimum atomic E-state index is -4.76. The molecule has 1 rings (SSSR count). The molecule has 0 aliphatic carbocycles. The highest BCUT2D eigenvalue weighted by Gasteiger charge is 1.99. The number of aryl methyl sites for hydroxylation is 1. The molecule has 0 amide bonds. The fourth-order valence-corrected chi connectivity index (χ4v) is 1.02. The molecule has 0 N–H and O–H groups in total. The lowest BCUT2D eigenvalue weighted by Gasteiger charge is -1.92. The highest BCUT2D eigenvalue weighted by molar-refractivity contribution is 7.85. The van der Waals surface area contributed by atoms with Gasteiger partial charge in [0.15, 0.2) is 0 Å². The van der Waals surface area contributed by atoms with Gasteiger partial charge in [0.25, 0.3) is 0 Å². The van der Waals surface area contributed by atoms with Crippen LogP contribution in [-0.2, 0) is 10.4 Å². The van der Waals surface area contributed by atoms with Crippen LogP contribution < -0.4 is 0 Å². The Morgan fingerprint density at radius 3 is 2.31 bits per heavy atom. The van der Waals surface area contributed by atoms with E-state index in [1.54, 1.807) is 24.3 Å². The van der Waals surface area contributed by atoms with Gasteiger partial charge >= 0.3 is 10.4 Å². The summed E-state index contributed by atoms with van der Waals surface area (Å²) in [5.41, 5.74) is 1.59. The molecular formula is C8H8FNO2S. The van der Waals surface area contributed by atoms with Gasteiger partial charge in [-0.1, -0.05) is 33.7 Å². The summed E-state index contributed by atoms with van der Waals surface area (Å²) in [4.78, 5) is 0. The summed E-state index contributed by atoms with van der Waals surface area (Å²) >= 11 is 0. The van der Waals surface area contributed by atoms with Crippen molar-refractivity contribution in [3.63, 3.8) is 0 Å². The molecule has 0 aromatic heterocycles. The third kappa shape index (κ3) is 3.80. The molecule has 0 fully saturated rings. The highest BCUT2D eigenvalue weighted by atomic mass is 32.3. The fourth-order valence-electron chi connectivity index (χ4n) is 0.776. The molecular weight excluding hydrogens is 193 g/mol. The molecule has 13 heavy (non-hydrogen) atoms. The first-order valence-electron chi connectivity index (χ1n) is 3.54. The van der Waals surface area contributed by atoms with Crippen molar-refractivity contribution < 1.29 is 12.3 Å². The van der Waals surface area contributed by atoms with Crippen molar-refractivity contribution in [2.75, 3.05) is 0 Å². The van der Waals surface area contributed by atoms with Gasteiger partial charge in [0, 0.05) is 0 Å². The standard InChI is InChI=1S/C8H8FNO2S/c1-7-2-4-8(5-3-7)6-10-13(9,11)12/h2-6H,1H3/b10-6+. The van der Waals surface area contributed by atoms with E-state index in [-0.39, 0.29) is 0 Å². The number of nitrogens with zero attached hydrogens (tertiary/aromatic N) is 1. The molecule has 0 radical (unpaired) electrons. The molecule has 0 unspecified atom stereocenters. The molecule has 0 spiro atoms. The molecule has 0 heterocycles. The number of benzene rings is 1. The minimum absolute atomic E-state index is 0.548. The fraction of sp³-hybridized carbons (Fsp3) is 0.125. The van der Waals surface area contributed by atoms with E-state index in [2.05, 4.69) is 4.40 Å². The third-order valence-electron chi connectivity index (χ3n) is 1.41. The molecule has 5 heteroatoms. The van der Waals surface area contributed by atoms with Crippen LogP contribution in [0.15, 0.2) is 28.7 Å². The normalized spacial score (nSPS) is 12.2. The average Bonchev–Trinajstić information content (AvgIpc) is 2.02. The molecule has 70 valence electrons. The van der Waals surface area contributed by atoms with Gasteiger partial charge < -0.3 is 0 Å². The molecule has 1 aromatic carbocycles. The maximum absolute atomic E-state index is 11.9. The number of rotatable bonds is 2. The van der Waals surface area contributed by atoms with Gasteiger partial charge in [-0.15, -0.1) is 4.40 Å². The summed E-state index contributed by atoms with van der Waals surface area (Å²) in [5.74, 6) is 0. The molecule has 0 aliphatic rings. The van der Waals surface area contributed by atoms with Crippen molar-refractivity contribution in [2.24, 2.45) is 4.40 Å². The van der Waals surface area contributed by atoms with Crippen molar-refractivity contribution >= 4 is 16.6 Å². The lowest BCUT2D eigenvalue weighted by Crippen LogP contribution is -1.87. The van der Waals surface area contributed by atoms with E-state index in [0.29, 0.717) is 5.56 Å². The summed E-state index contributed by atoms with van der Waals surface area (Å²) in [6, 6.07) is 6.88. The molecule has 0 atom stereocenters. The van der Waals surface area contributed by atoms with E-state index in [1.165, 1.54) is 0 Å². The van der Waals surface area contributed by atoms with Crippen molar-refractivity contribution in [3.8, 4) is 0 Å². The Morgan fingerprint density at radius 1 is 1.31 bits per heavy atom. The quantitative estimate of drug-likeness (QED) is 0.539. The summed E-state index contributed by atoms with van der Waals surface area (Å²) in [5, 5.41) is 0. The third-order valence-corrected chi connectivity index (χ3v) is 1.76. The van der Waals surface area contributed by atoms with Gasteiger partial charge in [-0.3, -0.25) is 0 Å². The van der Waals surface area contributed by atoms with E-state index >= 15 is 0 Å². The maximum atomic E-state index is 11.9. The highest BCUT2D eigenvalue weighted by Crippen LogP contribution is 2.01. The predicted molar refractivity (Wildman–Crippen MR) is 48.8 cm³/mol. The number of halogens is 1. The molecule has 1 aromatic rings. The summed E-state index contributed by atoms with van der Waals surface area (Å²) in [7, 11) is -4.76. The summed E-state index contributed by atoms with van der Waals surface area (Å²) in [6.07, 6.45) is 0.967. The summed E-state index contributed by atoms with van der Waals surface area (Å²) < 4.78 is 34.7. The van der Waals surface area contributed by atoms with E-state index in [4.69, 9.17) is 0 Å². The lowest BCUT2D eigenvalue weighted by atomic mass is 10.2. The van der Waals surface area contributed by atoms with Gasteiger partial charge in [-0.2, -0.15) is 8.42 Å². The first kappa shape index (κ1) is 9.85. The number of hydrogen-bond acceptors (Lipinski definition) is 2.